The fourth-order valence-electron chi connectivity index (χ4n) is 2.75. The van der Waals surface area contributed by atoms with Gasteiger partial charge in [0.15, 0.2) is 5.82 Å². The predicted molar refractivity (Wildman–Crippen MR) is 108 cm³/mol. The third-order valence-corrected chi connectivity index (χ3v) is 6.22. The van der Waals surface area contributed by atoms with Crippen LogP contribution in [-0.2, 0) is 16.2 Å². The van der Waals surface area contributed by atoms with Crippen molar-refractivity contribution in [3.05, 3.63) is 39.2 Å². The number of anilines is 1. The number of amides is 2. The summed E-state index contributed by atoms with van der Waals surface area (Å²) in [6, 6.07) is 3.83. The van der Waals surface area contributed by atoms with Crippen LogP contribution in [0.15, 0.2) is 28.8 Å². The van der Waals surface area contributed by atoms with Crippen LogP contribution in [0, 0.1) is 6.92 Å². The minimum atomic E-state index is -0.479. The molecule has 10 heteroatoms. The standard InChI is InChI=1S/C17H14N4O3S2.ClH/c1-7-10(6-22)26-17-11(7)14(18-12-8(2)15(23)21-16(12)24)19-13(20-17)9-4-3-5-25-9;/h3-5,22H,6H2,1-2H3,(H2,18,19,20,21,23,24);1H. The molecule has 4 heterocycles. The summed E-state index contributed by atoms with van der Waals surface area (Å²) in [7, 11) is 0. The quantitative estimate of drug-likeness (QED) is 0.558. The number of carbonyl (C=O) groups excluding carboxylic acids is 2. The van der Waals surface area contributed by atoms with E-state index in [-0.39, 0.29) is 24.7 Å². The Morgan fingerprint density at radius 3 is 2.59 bits per heavy atom. The maximum Gasteiger partial charge on any atom is 0.275 e. The summed E-state index contributed by atoms with van der Waals surface area (Å²) in [6.07, 6.45) is 0. The molecule has 3 aromatic heterocycles. The van der Waals surface area contributed by atoms with Gasteiger partial charge in [-0.05, 0) is 30.9 Å². The van der Waals surface area contributed by atoms with E-state index in [2.05, 4.69) is 20.6 Å². The number of hydrogen-bond acceptors (Lipinski definition) is 8. The van der Waals surface area contributed by atoms with Gasteiger partial charge in [0.25, 0.3) is 11.8 Å². The van der Waals surface area contributed by atoms with Gasteiger partial charge in [0.2, 0.25) is 0 Å². The van der Waals surface area contributed by atoms with Crippen LogP contribution in [-0.4, -0.2) is 26.9 Å². The Labute approximate surface area is 168 Å². The lowest BCUT2D eigenvalue weighted by Crippen LogP contribution is -2.24. The summed E-state index contributed by atoms with van der Waals surface area (Å²) >= 11 is 2.90. The second kappa shape index (κ2) is 7.35. The molecule has 4 rings (SSSR count). The largest absolute Gasteiger partial charge is 0.391 e. The first kappa shape index (κ1) is 19.4. The zero-order valence-electron chi connectivity index (χ0n) is 14.3. The second-order valence-corrected chi connectivity index (χ2v) is 7.80. The second-order valence-electron chi connectivity index (χ2n) is 5.77. The zero-order valence-corrected chi connectivity index (χ0v) is 16.8. The summed E-state index contributed by atoms with van der Waals surface area (Å²) < 4.78 is 0. The monoisotopic (exact) mass is 422 g/mol. The molecule has 0 unspecified atom stereocenters. The Kier molecular flexibility index (Phi) is 5.29. The molecule has 0 spiro atoms. The number of nitrogens with one attached hydrogen (secondary N) is 2. The highest BCUT2D eigenvalue weighted by Crippen LogP contribution is 2.37. The number of halogens is 1. The number of hydrogen-bond donors (Lipinski definition) is 3. The van der Waals surface area contributed by atoms with Gasteiger partial charge in [-0.1, -0.05) is 6.07 Å². The Morgan fingerprint density at radius 2 is 2.00 bits per heavy atom. The Balaban J connectivity index is 0.00000210. The normalized spacial score (nSPS) is 13.9. The molecule has 3 aromatic rings. The lowest BCUT2D eigenvalue weighted by atomic mass is 10.2. The first-order valence-corrected chi connectivity index (χ1v) is 9.47. The maximum absolute atomic E-state index is 12.1. The Morgan fingerprint density at radius 1 is 1.22 bits per heavy atom. The van der Waals surface area contributed by atoms with Crippen LogP contribution in [0.3, 0.4) is 0 Å². The molecule has 1 aliphatic heterocycles. The smallest absolute Gasteiger partial charge is 0.275 e. The summed E-state index contributed by atoms with van der Waals surface area (Å²) in [5.74, 6) is 0.0846. The molecule has 2 amide bonds. The van der Waals surface area contributed by atoms with E-state index in [4.69, 9.17) is 0 Å². The molecule has 140 valence electrons. The summed E-state index contributed by atoms with van der Waals surface area (Å²) in [6.45, 7) is 3.37. The van der Waals surface area contributed by atoms with Crippen molar-refractivity contribution in [1.29, 1.82) is 0 Å². The van der Waals surface area contributed by atoms with E-state index < -0.39 is 11.8 Å². The Hall–Kier alpha value is -2.33. The number of fused-ring (bicyclic) bond motifs is 1. The molecule has 1 aliphatic rings. The number of imide groups is 1. The average Bonchev–Trinajstić information content (AvgIpc) is 3.31. The summed E-state index contributed by atoms with van der Waals surface area (Å²) in [4.78, 5) is 35.4. The number of thiophene rings is 2. The van der Waals surface area contributed by atoms with Crippen molar-refractivity contribution in [1.82, 2.24) is 15.3 Å². The number of nitrogens with zero attached hydrogens (tertiary/aromatic N) is 2. The van der Waals surface area contributed by atoms with Crippen LogP contribution in [0.5, 0.6) is 0 Å². The average molecular weight is 423 g/mol. The van der Waals surface area contributed by atoms with Crippen LogP contribution < -0.4 is 10.6 Å². The zero-order chi connectivity index (χ0) is 18.4. The predicted octanol–water partition coefficient (Wildman–Crippen LogP) is 2.98. The number of aryl methyl sites for hydroxylation is 1. The minimum absolute atomic E-state index is 0. The lowest BCUT2D eigenvalue weighted by molar-refractivity contribution is -0.124. The van der Waals surface area contributed by atoms with Crippen LogP contribution in [0.4, 0.5) is 5.82 Å². The molecule has 0 atom stereocenters. The maximum atomic E-state index is 12.1. The molecule has 0 saturated heterocycles. The van der Waals surface area contributed by atoms with Gasteiger partial charge >= 0.3 is 0 Å². The number of rotatable bonds is 4. The molecule has 0 aliphatic carbocycles. The van der Waals surface area contributed by atoms with Gasteiger partial charge in [0.1, 0.15) is 16.3 Å². The van der Waals surface area contributed by atoms with Crippen molar-refractivity contribution < 1.29 is 14.7 Å². The first-order valence-electron chi connectivity index (χ1n) is 7.78. The van der Waals surface area contributed by atoms with Crippen LogP contribution >= 0.6 is 35.1 Å². The topological polar surface area (TPSA) is 104 Å². The third kappa shape index (κ3) is 3.23. The van der Waals surface area contributed by atoms with E-state index >= 15 is 0 Å². The third-order valence-electron chi connectivity index (χ3n) is 4.19. The first-order chi connectivity index (χ1) is 12.5. The SMILES string of the molecule is CC1=C(Nc2nc(-c3cccs3)nc3sc(CO)c(C)c23)C(=O)NC1=O.Cl. The molecular formula is C17H15ClN4O3S2. The van der Waals surface area contributed by atoms with Crippen LogP contribution in [0.1, 0.15) is 17.4 Å². The van der Waals surface area contributed by atoms with Gasteiger partial charge in [0, 0.05) is 10.5 Å². The molecule has 0 aromatic carbocycles. The van der Waals surface area contributed by atoms with E-state index in [1.807, 2.05) is 24.4 Å². The molecule has 0 fully saturated rings. The van der Waals surface area contributed by atoms with Gasteiger partial charge in [-0.3, -0.25) is 14.9 Å². The van der Waals surface area contributed by atoms with Crippen molar-refractivity contribution in [2.45, 2.75) is 20.5 Å². The molecule has 0 radical (unpaired) electrons. The lowest BCUT2D eigenvalue weighted by Gasteiger charge is -2.09. The number of aliphatic hydroxyl groups excluding tert-OH is 1. The number of carbonyl (C=O) groups is 2. The molecule has 0 saturated carbocycles. The van der Waals surface area contributed by atoms with E-state index in [1.54, 1.807) is 6.92 Å². The molecule has 0 bridgehead atoms. The number of aliphatic hydroxyl groups is 1. The van der Waals surface area contributed by atoms with E-state index in [0.29, 0.717) is 17.2 Å². The fourth-order valence-corrected chi connectivity index (χ4v) is 4.45. The van der Waals surface area contributed by atoms with Crippen molar-refractivity contribution in [2.24, 2.45) is 0 Å². The fraction of sp³-hybridized carbons (Fsp3) is 0.176. The van der Waals surface area contributed by atoms with Gasteiger partial charge < -0.3 is 10.4 Å². The molecule has 27 heavy (non-hydrogen) atoms. The van der Waals surface area contributed by atoms with Crippen molar-refractivity contribution in [3.63, 3.8) is 0 Å². The highest BCUT2D eigenvalue weighted by molar-refractivity contribution is 7.19. The van der Waals surface area contributed by atoms with Crippen molar-refractivity contribution in [2.75, 3.05) is 5.32 Å². The summed E-state index contributed by atoms with van der Waals surface area (Å²) in [5.41, 5.74) is 1.36. The van der Waals surface area contributed by atoms with Crippen LogP contribution in [0.2, 0.25) is 0 Å². The number of aromatic nitrogens is 2. The van der Waals surface area contributed by atoms with Gasteiger partial charge in [-0.25, -0.2) is 9.97 Å². The van der Waals surface area contributed by atoms with Crippen molar-refractivity contribution in [3.8, 4) is 10.7 Å². The highest BCUT2D eigenvalue weighted by atomic mass is 35.5. The molecule has 3 N–H and O–H groups in total. The Bertz CT molecular complexity index is 1090. The van der Waals surface area contributed by atoms with Gasteiger partial charge in [0.05, 0.1) is 16.9 Å². The van der Waals surface area contributed by atoms with Gasteiger partial charge in [-0.15, -0.1) is 35.1 Å². The molecule has 7 nitrogen and oxygen atoms in total. The van der Waals surface area contributed by atoms with Crippen LogP contribution in [0.25, 0.3) is 20.9 Å². The van der Waals surface area contributed by atoms with E-state index in [1.165, 1.54) is 22.7 Å². The van der Waals surface area contributed by atoms with Gasteiger partial charge in [-0.2, -0.15) is 0 Å². The summed E-state index contributed by atoms with van der Waals surface area (Å²) in [5, 5.41) is 17.6. The van der Waals surface area contributed by atoms with E-state index in [9.17, 15) is 14.7 Å². The minimum Gasteiger partial charge on any atom is -0.391 e. The molecular weight excluding hydrogens is 408 g/mol. The highest BCUT2D eigenvalue weighted by Gasteiger charge is 2.28. The van der Waals surface area contributed by atoms with E-state index in [0.717, 1.165) is 25.5 Å². The van der Waals surface area contributed by atoms with Crippen molar-refractivity contribution >= 4 is 62.9 Å².